The molecule has 6 heteroatoms. The number of hydrazine groups is 1. The minimum Gasteiger partial charge on any atom is -0.490 e. The average Bonchev–Trinajstić information content (AvgIpc) is 3.09. The molecule has 0 bridgehead atoms. The van der Waals surface area contributed by atoms with Crippen molar-refractivity contribution in [1.29, 1.82) is 0 Å². The van der Waals surface area contributed by atoms with Crippen LogP contribution in [0.1, 0.15) is 30.9 Å². The first-order valence-electron chi connectivity index (χ1n) is 5.77. The van der Waals surface area contributed by atoms with Gasteiger partial charge in [0.1, 0.15) is 5.75 Å². The molecule has 1 aliphatic carbocycles. The number of nitrogens with two attached hydrogens (primary N) is 1. The van der Waals surface area contributed by atoms with Gasteiger partial charge < -0.3 is 4.74 Å². The third kappa shape index (κ3) is 3.89. The van der Waals surface area contributed by atoms with Crippen LogP contribution in [0.4, 0.5) is 13.2 Å². The van der Waals surface area contributed by atoms with E-state index in [0.29, 0.717) is 11.3 Å². The van der Waals surface area contributed by atoms with Crippen LogP contribution in [-0.2, 0) is 0 Å². The number of halogens is 3. The molecule has 1 aromatic carbocycles. The van der Waals surface area contributed by atoms with Gasteiger partial charge in [-0.05, 0) is 30.5 Å². The molecule has 1 atom stereocenters. The molecular formula is C12H15F3N2O. The number of hydrogen-bond donors (Lipinski definition) is 2. The SMILES string of the molecule is NNC(CC(F)(F)F)c1cccc(OC2CC2)c1. The summed E-state index contributed by atoms with van der Waals surface area (Å²) in [7, 11) is 0. The van der Waals surface area contributed by atoms with Crippen LogP contribution in [-0.4, -0.2) is 12.3 Å². The highest BCUT2D eigenvalue weighted by molar-refractivity contribution is 5.31. The van der Waals surface area contributed by atoms with Crippen molar-refractivity contribution in [2.75, 3.05) is 0 Å². The molecule has 0 amide bonds. The van der Waals surface area contributed by atoms with Crippen LogP contribution >= 0.6 is 0 Å². The topological polar surface area (TPSA) is 47.3 Å². The van der Waals surface area contributed by atoms with E-state index >= 15 is 0 Å². The Hall–Kier alpha value is -1.27. The molecule has 3 N–H and O–H groups in total. The number of benzene rings is 1. The third-order valence-electron chi connectivity index (χ3n) is 2.72. The summed E-state index contributed by atoms with van der Waals surface area (Å²) in [6.45, 7) is 0. The second kappa shape index (κ2) is 5.16. The summed E-state index contributed by atoms with van der Waals surface area (Å²) >= 11 is 0. The second-order valence-corrected chi connectivity index (χ2v) is 4.43. The van der Waals surface area contributed by atoms with Crippen molar-refractivity contribution >= 4 is 0 Å². The summed E-state index contributed by atoms with van der Waals surface area (Å²) in [4.78, 5) is 0. The van der Waals surface area contributed by atoms with Crippen LogP contribution < -0.4 is 16.0 Å². The Kier molecular flexibility index (Phi) is 3.77. The molecule has 2 rings (SSSR count). The van der Waals surface area contributed by atoms with E-state index in [9.17, 15) is 13.2 Å². The summed E-state index contributed by atoms with van der Waals surface area (Å²) in [6.07, 6.45) is -3.04. The van der Waals surface area contributed by atoms with Gasteiger partial charge in [0.25, 0.3) is 0 Å². The zero-order valence-corrected chi connectivity index (χ0v) is 9.70. The Morgan fingerprint density at radius 1 is 1.39 bits per heavy atom. The van der Waals surface area contributed by atoms with E-state index in [1.807, 2.05) is 0 Å². The lowest BCUT2D eigenvalue weighted by Crippen LogP contribution is -2.31. The molecule has 0 heterocycles. The fourth-order valence-corrected chi connectivity index (χ4v) is 1.69. The predicted molar refractivity (Wildman–Crippen MR) is 60.8 cm³/mol. The molecule has 1 unspecified atom stereocenters. The van der Waals surface area contributed by atoms with Crippen LogP contribution in [0.25, 0.3) is 0 Å². The first-order valence-corrected chi connectivity index (χ1v) is 5.77. The van der Waals surface area contributed by atoms with E-state index in [1.165, 1.54) is 0 Å². The van der Waals surface area contributed by atoms with Gasteiger partial charge in [-0.15, -0.1) is 0 Å². The highest BCUT2D eigenvalue weighted by atomic mass is 19.4. The summed E-state index contributed by atoms with van der Waals surface area (Å²) < 4.78 is 42.7. The van der Waals surface area contributed by atoms with Gasteiger partial charge in [0, 0.05) is 0 Å². The van der Waals surface area contributed by atoms with Gasteiger partial charge in [-0.25, -0.2) is 0 Å². The van der Waals surface area contributed by atoms with Gasteiger partial charge >= 0.3 is 6.18 Å². The van der Waals surface area contributed by atoms with Gasteiger partial charge in [0.15, 0.2) is 0 Å². The molecular weight excluding hydrogens is 245 g/mol. The molecule has 0 radical (unpaired) electrons. The molecule has 1 saturated carbocycles. The van der Waals surface area contributed by atoms with Crippen molar-refractivity contribution in [3.05, 3.63) is 29.8 Å². The van der Waals surface area contributed by atoms with Crippen LogP contribution in [0, 0.1) is 0 Å². The van der Waals surface area contributed by atoms with E-state index in [0.717, 1.165) is 12.8 Å². The third-order valence-corrected chi connectivity index (χ3v) is 2.72. The molecule has 18 heavy (non-hydrogen) atoms. The second-order valence-electron chi connectivity index (χ2n) is 4.43. The maximum atomic E-state index is 12.4. The summed E-state index contributed by atoms with van der Waals surface area (Å²) in [5.41, 5.74) is 2.68. The minimum absolute atomic E-state index is 0.215. The monoisotopic (exact) mass is 260 g/mol. The molecule has 0 saturated heterocycles. The Morgan fingerprint density at radius 3 is 2.67 bits per heavy atom. The largest absolute Gasteiger partial charge is 0.490 e. The van der Waals surface area contributed by atoms with Crippen molar-refractivity contribution in [2.45, 2.75) is 37.6 Å². The van der Waals surface area contributed by atoms with E-state index < -0.39 is 18.6 Å². The summed E-state index contributed by atoms with van der Waals surface area (Å²) in [5, 5.41) is 0. The average molecular weight is 260 g/mol. The number of ether oxygens (including phenoxy) is 1. The molecule has 1 fully saturated rings. The molecule has 1 aliphatic rings. The quantitative estimate of drug-likeness (QED) is 0.632. The highest BCUT2D eigenvalue weighted by Gasteiger charge is 2.32. The van der Waals surface area contributed by atoms with Crippen LogP contribution in [0.3, 0.4) is 0 Å². The predicted octanol–water partition coefficient (Wildman–Crippen LogP) is 2.68. The van der Waals surface area contributed by atoms with Gasteiger partial charge in [-0.1, -0.05) is 12.1 Å². The fourth-order valence-electron chi connectivity index (χ4n) is 1.69. The van der Waals surface area contributed by atoms with Gasteiger partial charge in [0.2, 0.25) is 0 Å². The van der Waals surface area contributed by atoms with Crippen molar-refractivity contribution in [3.8, 4) is 5.75 Å². The Bertz CT molecular complexity index is 405. The van der Waals surface area contributed by atoms with Crippen LogP contribution in [0.15, 0.2) is 24.3 Å². The number of nitrogens with one attached hydrogen (secondary N) is 1. The summed E-state index contributed by atoms with van der Waals surface area (Å²) in [5.74, 6) is 5.78. The van der Waals surface area contributed by atoms with E-state index in [1.54, 1.807) is 24.3 Å². The van der Waals surface area contributed by atoms with Gasteiger partial charge in [0.05, 0.1) is 18.6 Å². The van der Waals surface area contributed by atoms with Crippen LogP contribution in [0.5, 0.6) is 5.75 Å². The zero-order chi connectivity index (χ0) is 13.2. The lowest BCUT2D eigenvalue weighted by Gasteiger charge is -2.18. The lowest BCUT2D eigenvalue weighted by molar-refractivity contribution is -0.140. The van der Waals surface area contributed by atoms with E-state index in [4.69, 9.17) is 10.6 Å². The van der Waals surface area contributed by atoms with Crippen LogP contribution in [0.2, 0.25) is 0 Å². The lowest BCUT2D eigenvalue weighted by atomic mass is 10.0. The summed E-state index contributed by atoms with van der Waals surface area (Å²) in [6, 6.07) is 5.68. The maximum Gasteiger partial charge on any atom is 0.390 e. The Labute approximate surface area is 103 Å². The Balaban J connectivity index is 2.08. The van der Waals surface area contributed by atoms with Crippen molar-refractivity contribution < 1.29 is 17.9 Å². The molecule has 1 aromatic rings. The van der Waals surface area contributed by atoms with Crippen molar-refractivity contribution in [1.82, 2.24) is 5.43 Å². The first kappa shape index (κ1) is 13.2. The molecule has 100 valence electrons. The normalized spacial score (nSPS) is 17.6. The van der Waals surface area contributed by atoms with Crippen molar-refractivity contribution in [2.24, 2.45) is 5.84 Å². The first-order chi connectivity index (χ1) is 8.48. The minimum atomic E-state index is -4.26. The maximum absolute atomic E-state index is 12.4. The molecule has 0 aromatic heterocycles. The molecule has 0 spiro atoms. The molecule has 3 nitrogen and oxygen atoms in total. The van der Waals surface area contributed by atoms with E-state index in [2.05, 4.69) is 5.43 Å². The van der Waals surface area contributed by atoms with Gasteiger partial charge in [-0.2, -0.15) is 13.2 Å². The molecule has 0 aliphatic heterocycles. The zero-order valence-electron chi connectivity index (χ0n) is 9.70. The standard InChI is InChI=1S/C12H15F3N2O/c13-12(14,15)7-11(17-16)8-2-1-3-10(6-8)18-9-4-5-9/h1-3,6,9,11,17H,4-5,7,16H2. The smallest absolute Gasteiger partial charge is 0.390 e. The van der Waals surface area contributed by atoms with Crippen molar-refractivity contribution in [3.63, 3.8) is 0 Å². The number of rotatable bonds is 5. The number of alkyl halides is 3. The van der Waals surface area contributed by atoms with E-state index in [-0.39, 0.29) is 6.10 Å². The highest BCUT2D eigenvalue weighted by Crippen LogP contribution is 2.32. The fraction of sp³-hybridized carbons (Fsp3) is 0.500. The number of hydrogen-bond acceptors (Lipinski definition) is 3. The Morgan fingerprint density at radius 2 is 2.11 bits per heavy atom. The van der Waals surface area contributed by atoms with Gasteiger partial charge in [-0.3, -0.25) is 11.3 Å².